The van der Waals surface area contributed by atoms with Crippen LogP contribution >= 0.6 is 58.1 Å². The van der Waals surface area contributed by atoms with Gasteiger partial charge < -0.3 is 4.74 Å². The molecule has 1 aromatic heterocycles. The maximum atomic E-state index is 11.9. The Bertz CT molecular complexity index is 728. The summed E-state index contributed by atoms with van der Waals surface area (Å²) in [4.78, 5) is 12.8. The molecule has 0 radical (unpaired) electrons. The van der Waals surface area contributed by atoms with Gasteiger partial charge in [0.2, 0.25) is 0 Å². The van der Waals surface area contributed by atoms with Crippen LogP contribution in [0.1, 0.15) is 17.4 Å². The standard InChI is InChI=1S/C14H13Cl3N2O2S2/c1-3-21-13(20)19(23-14(15,16)17)18-8-12-9(2)10-6-4-5-7-11(10)22-12/h4-8H,3H2,1-2H3/b18-8+. The zero-order valence-electron chi connectivity index (χ0n) is 12.3. The Hall–Kier alpha value is -0.660. The molecule has 4 nitrogen and oxygen atoms in total. The van der Waals surface area contributed by atoms with E-state index in [1.165, 1.54) is 0 Å². The van der Waals surface area contributed by atoms with Crippen LogP contribution in [0, 0.1) is 6.92 Å². The Balaban J connectivity index is 2.27. The van der Waals surface area contributed by atoms with Crippen molar-refractivity contribution >= 4 is 80.5 Å². The van der Waals surface area contributed by atoms with Crippen LogP contribution in [-0.2, 0) is 4.74 Å². The summed E-state index contributed by atoms with van der Waals surface area (Å²) in [6.07, 6.45) is 0.874. The average Bonchev–Trinajstić information content (AvgIpc) is 2.79. The first kappa shape index (κ1) is 18.7. The number of nitrogens with zero attached hydrogens (tertiary/aromatic N) is 2. The smallest absolute Gasteiger partial charge is 0.441 e. The summed E-state index contributed by atoms with van der Waals surface area (Å²) in [6, 6.07) is 8.02. The van der Waals surface area contributed by atoms with Crippen molar-refractivity contribution in [3.05, 3.63) is 34.7 Å². The first-order valence-electron chi connectivity index (χ1n) is 6.56. The molecule has 2 rings (SSSR count). The summed E-state index contributed by atoms with van der Waals surface area (Å²) < 4.78 is 5.26. The van der Waals surface area contributed by atoms with E-state index >= 15 is 0 Å². The number of hydrazone groups is 1. The number of carbonyl (C=O) groups excluding carboxylic acids is 1. The van der Waals surface area contributed by atoms with E-state index in [4.69, 9.17) is 39.5 Å². The molecule has 0 spiro atoms. The molecule has 0 aliphatic carbocycles. The van der Waals surface area contributed by atoms with E-state index in [0.29, 0.717) is 11.9 Å². The summed E-state index contributed by atoms with van der Waals surface area (Å²) in [5.74, 6) is 0. The van der Waals surface area contributed by atoms with E-state index in [0.717, 1.165) is 24.9 Å². The average molecular weight is 412 g/mol. The van der Waals surface area contributed by atoms with Crippen molar-refractivity contribution in [1.82, 2.24) is 4.41 Å². The molecule has 1 heterocycles. The zero-order valence-corrected chi connectivity index (χ0v) is 16.2. The van der Waals surface area contributed by atoms with Crippen molar-refractivity contribution in [2.45, 2.75) is 17.0 Å². The van der Waals surface area contributed by atoms with Crippen LogP contribution in [0.5, 0.6) is 0 Å². The molecular formula is C14H13Cl3N2O2S2. The molecule has 0 unspecified atom stereocenters. The lowest BCUT2D eigenvalue weighted by Gasteiger charge is -2.18. The van der Waals surface area contributed by atoms with E-state index in [2.05, 4.69) is 5.10 Å². The van der Waals surface area contributed by atoms with Crippen molar-refractivity contribution in [2.24, 2.45) is 5.10 Å². The van der Waals surface area contributed by atoms with Crippen molar-refractivity contribution in [3.63, 3.8) is 0 Å². The van der Waals surface area contributed by atoms with E-state index in [9.17, 15) is 4.79 Å². The molecule has 1 amide bonds. The molecule has 1 aromatic carbocycles. The second-order valence-corrected chi connectivity index (χ2v) is 9.52. The minimum Gasteiger partial charge on any atom is -0.448 e. The third-order valence-corrected chi connectivity index (χ3v) is 5.23. The second kappa shape index (κ2) is 7.94. The monoisotopic (exact) mass is 410 g/mol. The number of aryl methyl sites for hydroxylation is 1. The number of amides is 1. The Labute approximate surface area is 157 Å². The Morgan fingerprint density at radius 3 is 2.74 bits per heavy atom. The van der Waals surface area contributed by atoms with Gasteiger partial charge in [0, 0.05) is 16.6 Å². The SMILES string of the molecule is CCOC(=O)N(/N=C/c1sc2ccccc2c1C)SC(Cl)(Cl)Cl. The van der Waals surface area contributed by atoms with Gasteiger partial charge in [0.15, 0.2) is 0 Å². The molecule has 23 heavy (non-hydrogen) atoms. The summed E-state index contributed by atoms with van der Waals surface area (Å²) in [5, 5.41) is 5.26. The van der Waals surface area contributed by atoms with E-state index < -0.39 is 9.22 Å². The lowest BCUT2D eigenvalue weighted by molar-refractivity contribution is 0.134. The largest absolute Gasteiger partial charge is 0.448 e. The molecule has 0 atom stereocenters. The predicted molar refractivity (Wildman–Crippen MR) is 101 cm³/mol. The number of hydrogen-bond acceptors (Lipinski definition) is 5. The molecular weight excluding hydrogens is 399 g/mol. The van der Waals surface area contributed by atoms with Gasteiger partial charge in [-0.2, -0.15) is 5.10 Å². The van der Waals surface area contributed by atoms with Crippen LogP contribution in [0.3, 0.4) is 0 Å². The second-order valence-electron chi connectivity index (χ2n) is 4.34. The fourth-order valence-electron chi connectivity index (χ4n) is 1.81. The van der Waals surface area contributed by atoms with Crippen LogP contribution in [0.25, 0.3) is 10.1 Å². The Kier molecular flexibility index (Phi) is 6.45. The van der Waals surface area contributed by atoms with Gasteiger partial charge in [-0.25, -0.2) is 4.79 Å². The number of carbonyl (C=O) groups is 1. The fraction of sp³-hybridized carbons (Fsp3) is 0.286. The number of alkyl halides is 3. The minimum absolute atomic E-state index is 0.202. The quantitative estimate of drug-likeness (QED) is 0.269. The molecule has 0 saturated heterocycles. The van der Waals surface area contributed by atoms with Gasteiger partial charge in [0.05, 0.1) is 17.7 Å². The number of benzene rings is 1. The van der Waals surface area contributed by atoms with Crippen molar-refractivity contribution in [1.29, 1.82) is 0 Å². The Morgan fingerprint density at radius 2 is 2.13 bits per heavy atom. The first-order valence-corrected chi connectivity index (χ1v) is 9.29. The van der Waals surface area contributed by atoms with Gasteiger partial charge in [-0.1, -0.05) is 53.0 Å². The van der Waals surface area contributed by atoms with Crippen molar-refractivity contribution in [2.75, 3.05) is 6.61 Å². The van der Waals surface area contributed by atoms with Gasteiger partial charge >= 0.3 is 6.09 Å². The van der Waals surface area contributed by atoms with Gasteiger partial charge in [-0.15, -0.1) is 15.8 Å². The van der Waals surface area contributed by atoms with Crippen LogP contribution in [0.15, 0.2) is 29.4 Å². The normalized spacial score (nSPS) is 12.0. The Morgan fingerprint density at radius 1 is 1.43 bits per heavy atom. The zero-order chi connectivity index (χ0) is 17.0. The highest BCUT2D eigenvalue weighted by Gasteiger charge is 2.29. The molecule has 0 N–H and O–H groups in total. The molecule has 0 bridgehead atoms. The topological polar surface area (TPSA) is 41.9 Å². The minimum atomic E-state index is -1.72. The predicted octanol–water partition coefficient (Wildman–Crippen LogP) is 5.98. The van der Waals surface area contributed by atoms with E-state index in [1.54, 1.807) is 24.5 Å². The fourth-order valence-corrected chi connectivity index (χ4v) is 3.89. The molecule has 124 valence electrons. The number of rotatable bonds is 4. The van der Waals surface area contributed by atoms with Crippen molar-refractivity contribution in [3.8, 4) is 0 Å². The lowest BCUT2D eigenvalue weighted by Crippen LogP contribution is -2.23. The molecule has 0 aliphatic rings. The summed E-state index contributed by atoms with van der Waals surface area (Å²) in [6.45, 7) is 3.89. The number of halogens is 3. The highest BCUT2D eigenvalue weighted by atomic mass is 35.6. The molecule has 0 aliphatic heterocycles. The van der Waals surface area contributed by atoms with E-state index in [-0.39, 0.29) is 6.61 Å². The number of fused-ring (bicyclic) bond motifs is 1. The highest BCUT2D eigenvalue weighted by Crippen LogP contribution is 2.41. The van der Waals surface area contributed by atoms with E-state index in [1.807, 2.05) is 31.2 Å². The van der Waals surface area contributed by atoms with Crippen LogP contribution in [0.2, 0.25) is 0 Å². The third-order valence-electron chi connectivity index (χ3n) is 2.77. The van der Waals surface area contributed by atoms with Gasteiger partial charge in [-0.3, -0.25) is 0 Å². The molecule has 2 aromatic rings. The summed E-state index contributed by atoms with van der Waals surface area (Å²) >= 11 is 19.4. The van der Waals surface area contributed by atoms with Gasteiger partial charge in [-0.05, 0) is 30.9 Å². The molecule has 0 fully saturated rings. The maximum Gasteiger partial charge on any atom is 0.441 e. The van der Waals surface area contributed by atoms with Crippen LogP contribution in [0.4, 0.5) is 4.79 Å². The van der Waals surface area contributed by atoms with Crippen LogP contribution in [-0.4, -0.2) is 26.5 Å². The summed E-state index contributed by atoms with van der Waals surface area (Å²) in [5.41, 5.74) is 1.08. The lowest BCUT2D eigenvalue weighted by atomic mass is 10.1. The number of ether oxygens (including phenoxy) is 1. The maximum absolute atomic E-state index is 11.9. The molecule has 9 heteroatoms. The van der Waals surface area contributed by atoms with Gasteiger partial charge in [0.1, 0.15) is 0 Å². The van der Waals surface area contributed by atoms with Gasteiger partial charge in [0.25, 0.3) is 3.12 Å². The van der Waals surface area contributed by atoms with Crippen LogP contribution < -0.4 is 0 Å². The molecule has 0 saturated carbocycles. The third kappa shape index (κ3) is 5.16. The number of thiophene rings is 1. The summed E-state index contributed by atoms with van der Waals surface area (Å²) in [7, 11) is 0. The first-order chi connectivity index (χ1) is 10.8. The number of hydrogen-bond donors (Lipinski definition) is 0. The van der Waals surface area contributed by atoms with Crippen molar-refractivity contribution < 1.29 is 9.53 Å². The highest BCUT2D eigenvalue weighted by molar-refractivity contribution is 8.03.